The molecule has 4 N–H and O–H groups in total. The van der Waals surface area contributed by atoms with Crippen molar-refractivity contribution in [3.8, 4) is 0 Å². The van der Waals surface area contributed by atoms with Crippen LogP contribution in [0.25, 0.3) is 0 Å². The number of benzene rings is 1. The number of aliphatic imine (C=N–C) groups is 1. The molecule has 0 aliphatic carbocycles. The highest BCUT2D eigenvalue weighted by atomic mass is 127. The van der Waals surface area contributed by atoms with Crippen LogP contribution in [-0.4, -0.2) is 36.5 Å². The normalized spacial score (nSPS) is 14.6. The van der Waals surface area contributed by atoms with E-state index in [0.717, 1.165) is 49.8 Å². The summed E-state index contributed by atoms with van der Waals surface area (Å²) in [5, 5.41) is 6.73. The van der Waals surface area contributed by atoms with E-state index in [1.54, 1.807) is 0 Å². The minimum Gasteiger partial charge on any atom is -0.369 e. The molecule has 168 valence electrons. The number of hydrogen-bond acceptors (Lipinski definition) is 4. The summed E-state index contributed by atoms with van der Waals surface area (Å²) >= 11 is 0. The van der Waals surface area contributed by atoms with Gasteiger partial charge in [0.1, 0.15) is 5.82 Å². The van der Waals surface area contributed by atoms with Gasteiger partial charge >= 0.3 is 0 Å². The Morgan fingerprint density at radius 2 is 1.90 bits per heavy atom. The average Bonchev–Trinajstić information content (AvgIpc) is 2.77. The number of guanidine groups is 1. The number of anilines is 1. The van der Waals surface area contributed by atoms with E-state index in [9.17, 15) is 4.79 Å². The number of hydrogen-bond donors (Lipinski definition) is 3. The number of primary amides is 1. The van der Waals surface area contributed by atoms with Crippen LogP contribution in [0.2, 0.25) is 0 Å². The number of nitrogens with one attached hydrogen (secondary N) is 2. The first-order valence-electron chi connectivity index (χ1n) is 10.6. The number of pyridine rings is 1. The van der Waals surface area contributed by atoms with Gasteiger partial charge in [-0.05, 0) is 38.3 Å². The van der Waals surface area contributed by atoms with Crippen LogP contribution < -0.4 is 21.3 Å². The molecule has 1 saturated heterocycles. The van der Waals surface area contributed by atoms with Crippen LogP contribution in [0.15, 0.2) is 47.6 Å². The lowest BCUT2D eigenvalue weighted by atomic mass is 9.96. The maximum absolute atomic E-state index is 11.4. The summed E-state index contributed by atoms with van der Waals surface area (Å²) in [6, 6.07) is 12.5. The lowest BCUT2D eigenvalue weighted by Crippen LogP contribution is -2.40. The molecule has 3 rings (SSSR count). The van der Waals surface area contributed by atoms with Gasteiger partial charge in [0.15, 0.2) is 5.96 Å². The molecule has 1 fully saturated rings. The van der Waals surface area contributed by atoms with E-state index < -0.39 is 0 Å². The first kappa shape index (κ1) is 24.9. The Bertz CT molecular complexity index is 863. The fourth-order valence-electron chi connectivity index (χ4n) is 3.61. The molecule has 0 bridgehead atoms. The van der Waals surface area contributed by atoms with Crippen molar-refractivity contribution in [1.29, 1.82) is 0 Å². The first-order chi connectivity index (χ1) is 14.6. The van der Waals surface area contributed by atoms with Crippen molar-refractivity contribution in [2.45, 2.75) is 39.8 Å². The Kier molecular flexibility index (Phi) is 10.0. The molecule has 1 aliphatic rings. The maximum atomic E-state index is 11.4. The number of aromatic nitrogens is 1. The summed E-state index contributed by atoms with van der Waals surface area (Å²) in [7, 11) is 0. The van der Waals surface area contributed by atoms with Crippen molar-refractivity contribution in [1.82, 2.24) is 15.6 Å². The van der Waals surface area contributed by atoms with Crippen molar-refractivity contribution in [3.63, 3.8) is 0 Å². The van der Waals surface area contributed by atoms with E-state index in [4.69, 9.17) is 10.7 Å². The molecule has 1 amide bonds. The minimum absolute atomic E-state index is 0. The monoisotopic (exact) mass is 536 g/mol. The van der Waals surface area contributed by atoms with Gasteiger partial charge in [0, 0.05) is 43.9 Å². The standard InChI is InChI=1S/C23H32N6O.HI/c1-3-25-23(27-15-18-8-6-17(2)7-9-18)28-16-20-5-4-12-26-22(20)29-13-10-19(11-14-29)21(24)30;/h4-9,12,19H,3,10-11,13-16H2,1-2H3,(H2,24,30)(H2,25,27,28);1H. The first-order valence-corrected chi connectivity index (χ1v) is 10.6. The van der Waals surface area contributed by atoms with Gasteiger partial charge in [-0.25, -0.2) is 9.98 Å². The Morgan fingerprint density at radius 1 is 1.19 bits per heavy atom. The number of halogens is 1. The Hall–Kier alpha value is -2.36. The highest BCUT2D eigenvalue weighted by Crippen LogP contribution is 2.24. The fraction of sp³-hybridized carbons (Fsp3) is 0.435. The number of nitrogens with zero attached hydrogens (tertiary/aromatic N) is 3. The molecule has 0 saturated carbocycles. The Morgan fingerprint density at radius 3 is 2.55 bits per heavy atom. The zero-order chi connectivity index (χ0) is 21.3. The molecule has 1 aromatic heterocycles. The minimum atomic E-state index is -0.197. The third-order valence-corrected chi connectivity index (χ3v) is 5.40. The number of rotatable bonds is 7. The average molecular weight is 536 g/mol. The number of carbonyl (C=O) groups is 1. The van der Waals surface area contributed by atoms with Gasteiger partial charge in [0.2, 0.25) is 5.91 Å². The number of carbonyl (C=O) groups excluding carboxylic acids is 1. The summed E-state index contributed by atoms with van der Waals surface area (Å²) in [5.74, 6) is 1.51. The van der Waals surface area contributed by atoms with Crippen LogP contribution in [0.3, 0.4) is 0 Å². The molecule has 0 radical (unpaired) electrons. The molecule has 1 aromatic carbocycles. The Balaban J connectivity index is 0.00000341. The molecule has 7 nitrogen and oxygen atoms in total. The van der Waals surface area contributed by atoms with Gasteiger partial charge in [-0.2, -0.15) is 0 Å². The molecule has 2 heterocycles. The third kappa shape index (κ3) is 7.37. The largest absolute Gasteiger partial charge is 0.369 e. The summed E-state index contributed by atoms with van der Waals surface area (Å²) in [5.41, 5.74) is 9.00. The summed E-state index contributed by atoms with van der Waals surface area (Å²) in [4.78, 5) is 23.0. The molecule has 31 heavy (non-hydrogen) atoms. The summed E-state index contributed by atoms with van der Waals surface area (Å²) in [6.45, 7) is 7.76. The van der Waals surface area contributed by atoms with Crippen LogP contribution in [0, 0.1) is 12.8 Å². The molecular weight excluding hydrogens is 503 g/mol. The molecule has 1 aliphatic heterocycles. The van der Waals surface area contributed by atoms with Crippen molar-refractivity contribution in [2.75, 3.05) is 24.5 Å². The van der Waals surface area contributed by atoms with E-state index in [2.05, 4.69) is 64.7 Å². The van der Waals surface area contributed by atoms with E-state index in [0.29, 0.717) is 13.1 Å². The molecule has 0 unspecified atom stereocenters. The highest BCUT2D eigenvalue weighted by Gasteiger charge is 2.24. The molecule has 0 spiro atoms. The van der Waals surface area contributed by atoms with Gasteiger partial charge in [-0.3, -0.25) is 4.79 Å². The number of piperidine rings is 1. The van der Waals surface area contributed by atoms with Gasteiger partial charge in [0.25, 0.3) is 0 Å². The van der Waals surface area contributed by atoms with Crippen LogP contribution in [0.5, 0.6) is 0 Å². The van der Waals surface area contributed by atoms with Gasteiger partial charge in [0.05, 0.1) is 6.54 Å². The number of nitrogens with two attached hydrogens (primary N) is 1. The zero-order valence-electron chi connectivity index (χ0n) is 18.3. The van der Waals surface area contributed by atoms with Crippen molar-refractivity contribution < 1.29 is 4.79 Å². The second kappa shape index (κ2) is 12.5. The lowest BCUT2D eigenvalue weighted by Gasteiger charge is -2.32. The van der Waals surface area contributed by atoms with E-state index in [-0.39, 0.29) is 35.8 Å². The predicted octanol–water partition coefficient (Wildman–Crippen LogP) is 2.97. The van der Waals surface area contributed by atoms with E-state index in [1.807, 2.05) is 12.3 Å². The van der Waals surface area contributed by atoms with E-state index in [1.165, 1.54) is 11.1 Å². The lowest BCUT2D eigenvalue weighted by molar-refractivity contribution is -0.122. The summed E-state index contributed by atoms with van der Waals surface area (Å²) < 4.78 is 0. The van der Waals surface area contributed by atoms with Crippen molar-refractivity contribution in [3.05, 3.63) is 59.3 Å². The third-order valence-electron chi connectivity index (χ3n) is 5.40. The fourth-order valence-corrected chi connectivity index (χ4v) is 3.61. The van der Waals surface area contributed by atoms with Crippen LogP contribution >= 0.6 is 24.0 Å². The molecular formula is C23H33IN6O. The quantitative estimate of drug-likeness (QED) is 0.288. The van der Waals surface area contributed by atoms with Crippen LogP contribution in [-0.2, 0) is 17.9 Å². The van der Waals surface area contributed by atoms with E-state index >= 15 is 0 Å². The van der Waals surface area contributed by atoms with Gasteiger partial charge in [-0.1, -0.05) is 35.9 Å². The second-order valence-corrected chi connectivity index (χ2v) is 7.68. The number of amides is 1. The molecule has 8 heteroatoms. The molecule has 2 aromatic rings. The SMILES string of the molecule is CCNC(=NCc1ccc(C)cc1)NCc1cccnc1N1CCC(C(N)=O)CC1.I. The predicted molar refractivity (Wildman–Crippen MR) is 137 cm³/mol. The second-order valence-electron chi connectivity index (χ2n) is 7.68. The maximum Gasteiger partial charge on any atom is 0.220 e. The van der Waals surface area contributed by atoms with Crippen molar-refractivity contribution >= 4 is 41.7 Å². The van der Waals surface area contributed by atoms with Gasteiger partial charge in [-0.15, -0.1) is 24.0 Å². The molecule has 0 atom stereocenters. The smallest absolute Gasteiger partial charge is 0.220 e. The van der Waals surface area contributed by atoms with Crippen LogP contribution in [0.4, 0.5) is 5.82 Å². The van der Waals surface area contributed by atoms with Crippen molar-refractivity contribution in [2.24, 2.45) is 16.6 Å². The zero-order valence-corrected chi connectivity index (χ0v) is 20.6. The number of aryl methyl sites for hydroxylation is 1. The summed E-state index contributed by atoms with van der Waals surface area (Å²) in [6.07, 6.45) is 3.37. The highest BCUT2D eigenvalue weighted by molar-refractivity contribution is 14.0. The Labute approximate surface area is 201 Å². The van der Waals surface area contributed by atoms with Crippen LogP contribution in [0.1, 0.15) is 36.5 Å². The topological polar surface area (TPSA) is 95.6 Å². The van der Waals surface area contributed by atoms with Gasteiger partial charge < -0.3 is 21.3 Å².